The fraction of sp³-hybridized carbons (Fsp3) is 0.400. The number of rotatable bonds is 8. The van der Waals surface area contributed by atoms with Gasteiger partial charge in [0.2, 0.25) is 0 Å². The third-order valence-electron chi connectivity index (χ3n) is 1.63. The normalized spacial score (nSPS) is 7.45. The van der Waals surface area contributed by atoms with Gasteiger partial charge in [-0.15, -0.1) is 0 Å². The van der Waals surface area contributed by atoms with Gasteiger partial charge in [0, 0.05) is 46.3 Å². The maximum Gasteiger partial charge on any atom is 4.00 e. The van der Waals surface area contributed by atoms with Gasteiger partial charge in [-0.05, 0) is 55.4 Å². The van der Waals surface area contributed by atoms with Crippen LogP contribution in [0.25, 0.3) is 0 Å². The number of carbonyl (C=O) groups excluding carboxylic acids is 8. The van der Waals surface area contributed by atoms with Crippen molar-refractivity contribution in [1.29, 1.82) is 0 Å². The van der Waals surface area contributed by atoms with Crippen molar-refractivity contribution in [2.75, 3.05) is 0 Å². The average molecular weight is 515 g/mol. The van der Waals surface area contributed by atoms with E-state index in [1.54, 1.807) is 0 Å². The van der Waals surface area contributed by atoms with Crippen LogP contribution in [0.4, 0.5) is 0 Å². The van der Waals surface area contributed by atoms with Crippen molar-refractivity contribution in [2.45, 2.75) is 55.4 Å². The molecule has 0 radical (unpaired) electrons. The van der Waals surface area contributed by atoms with Gasteiger partial charge in [0.05, 0.1) is 0 Å². The maximum atomic E-state index is 9.98. The number of Topliss-reactive ketones (excluding diaryl/α,β-unsaturated/α-hetero) is 8. The summed E-state index contributed by atoms with van der Waals surface area (Å²) in [6.45, 7) is 10.8. The van der Waals surface area contributed by atoms with Crippen LogP contribution in [0.1, 0.15) is 55.4 Å². The Morgan fingerprint density at radius 2 is 0.379 bits per heavy atom. The van der Waals surface area contributed by atoms with Gasteiger partial charge in [-0.2, -0.15) is 0 Å². The minimum atomic E-state index is -0.187. The topological polar surface area (TPSA) is 137 Å². The van der Waals surface area contributed by atoms with Crippen LogP contribution in [0.5, 0.6) is 0 Å². The van der Waals surface area contributed by atoms with Gasteiger partial charge in [0.1, 0.15) is 0 Å². The molecule has 8 nitrogen and oxygen atoms in total. The van der Waals surface area contributed by atoms with Crippen LogP contribution in [0.15, 0.2) is 0 Å². The standard InChI is InChI=1S/4C5H7O2.Sn/c4*1-4(6)3-5(2)7;/h4*3H,1-2H3;/q4*-1;+4. The average Bonchev–Trinajstić information content (AvgIpc) is 2.32. The molecule has 0 fully saturated rings. The Hall–Kier alpha value is -2.36. The minimum absolute atomic E-state index is 0. The van der Waals surface area contributed by atoms with E-state index in [-0.39, 0.29) is 70.2 Å². The minimum Gasteiger partial charge on any atom is -0.334 e. The molecule has 9 heteroatoms. The van der Waals surface area contributed by atoms with Gasteiger partial charge in [-0.3, -0.25) is 25.7 Å². The molecule has 29 heavy (non-hydrogen) atoms. The zero-order valence-corrected chi connectivity index (χ0v) is 20.9. The van der Waals surface area contributed by atoms with E-state index in [2.05, 4.69) is 0 Å². The van der Waals surface area contributed by atoms with Crippen molar-refractivity contribution >= 4 is 70.2 Å². The van der Waals surface area contributed by atoms with E-state index >= 15 is 0 Å². The smallest absolute Gasteiger partial charge is 0.334 e. The van der Waals surface area contributed by atoms with E-state index < -0.39 is 0 Å². The number of hydrogen-bond acceptors (Lipinski definition) is 8. The largest absolute Gasteiger partial charge is 4.00 e. The maximum absolute atomic E-state index is 9.98. The molecule has 0 N–H and O–H groups in total. The van der Waals surface area contributed by atoms with Crippen LogP contribution in [0, 0.1) is 25.7 Å². The fourth-order valence-electron chi connectivity index (χ4n) is 1.14. The Morgan fingerprint density at radius 3 is 0.379 bits per heavy atom. The van der Waals surface area contributed by atoms with Crippen molar-refractivity contribution in [3.63, 3.8) is 0 Å². The Kier molecular flexibility index (Phi) is 30.5. The molecule has 0 amide bonds. The van der Waals surface area contributed by atoms with Crippen LogP contribution in [-0.4, -0.2) is 70.2 Å². The summed E-state index contributed by atoms with van der Waals surface area (Å²) < 4.78 is 0. The van der Waals surface area contributed by atoms with Gasteiger partial charge in [-0.25, -0.2) is 0 Å². The Labute approximate surface area is 189 Å². The first-order valence-corrected chi connectivity index (χ1v) is 7.94. The predicted molar refractivity (Wildman–Crippen MR) is 108 cm³/mol. The van der Waals surface area contributed by atoms with Crippen molar-refractivity contribution < 1.29 is 38.4 Å². The third-order valence-corrected chi connectivity index (χ3v) is 1.63. The monoisotopic (exact) mass is 516 g/mol. The summed E-state index contributed by atoms with van der Waals surface area (Å²) >= 11 is 0. The molecule has 0 aromatic rings. The zero-order valence-electron chi connectivity index (χ0n) is 18.1. The zero-order chi connectivity index (χ0) is 23.4. The molecule has 160 valence electrons. The molecular formula is C20H28O8Sn. The number of ketones is 8. The summed E-state index contributed by atoms with van der Waals surface area (Å²) in [6.07, 6.45) is 4.22. The van der Waals surface area contributed by atoms with Crippen molar-refractivity contribution in [1.82, 2.24) is 0 Å². The molecule has 0 saturated heterocycles. The van der Waals surface area contributed by atoms with Crippen molar-refractivity contribution in [2.24, 2.45) is 0 Å². The molecule has 0 aromatic heterocycles. The molecule has 0 bridgehead atoms. The van der Waals surface area contributed by atoms with Crippen molar-refractivity contribution in [3.05, 3.63) is 25.7 Å². The Morgan fingerprint density at radius 1 is 0.310 bits per heavy atom. The van der Waals surface area contributed by atoms with E-state index in [4.69, 9.17) is 0 Å². The van der Waals surface area contributed by atoms with Crippen LogP contribution < -0.4 is 0 Å². The van der Waals surface area contributed by atoms with E-state index in [9.17, 15) is 38.4 Å². The quantitative estimate of drug-likeness (QED) is 0.266. The Bertz CT molecular complexity index is 439. The second-order valence-electron chi connectivity index (χ2n) is 5.46. The molecule has 0 atom stereocenters. The molecule has 0 aromatic carbocycles. The number of carbonyl (C=O) groups is 8. The molecule has 0 aliphatic rings. The first-order chi connectivity index (χ1) is 12.5. The van der Waals surface area contributed by atoms with E-state index in [0.717, 1.165) is 25.7 Å². The van der Waals surface area contributed by atoms with E-state index in [1.807, 2.05) is 0 Å². The van der Waals surface area contributed by atoms with Crippen LogP contribution in [-0.2, 0) is 38.4 Å². The summed E-state index contributed by atoms with van der Waals surface area (Å²) in [6, 6.07) is 0. The third kappa shape index (κ3) is 77.0. The fourth-order valence-corrected chi connectivity index (χ4v) is 1.14. The molecule has 0 aliphatic heterocycles. The summed E-state index contributed by atoms with van der Waals surface area (Å²) in [5.41, 5.74) is 0. The number of hydrogen-bond donors (Lipinski definition) is 0. The van der Waals surface area contributed by atoms with Crippen LogP contribution in [0.3, 0.4) is 0 Å². The summed E-state index contributed by atoms with van der Waals surface area (Å²) in [7, 11) is 0. The molecule has 0 aliphatic carbocycles. The van der Waals surface area contributed by atoms with Gasteiger partial charge < -0.3 is 38.4 Å². The van der Waals surface area contributed by atoms with Crippen molar-refractivity contribution in [3.8, 4) is 0 Å². The van der Waals surface area contributed by atoms with Crippen LogP contribution >= 0.6 is 0 Å². The van der Waals surface area contributed by atoms with Gasteiger partial charge in [-0.1, -0.05) is 0 Å². The van der Waals surface area contributed by atoms with Crippen LogP contribution in [0.2, 0.25) is 0 Å². The molecule has 0 saturated carbocycles. The van der Waals surface area contributed by atoms with Gasteiger partial charge in [0.25, 0.3) is 0 Å². The van der Waals surface area contributed by atoms with Gasteiger partial charge >= 0.3 is 23.9 Å². The van der Waals surface area contributed by atoms with E-state index in [1.165, 1.54) is 55.4 Å². The molecule has 0 rings (SSSR count). The second kappa shape index (κ2) is 23.7. The molecule has 0 heterocycles. The molecule has 0 unspecified atom stereocenters. The first kappa shape index (κ1) is 37.4. The summed E-state index contributed by atoms with van der Waals surface area (Å²) in [5, 5.41) is 0. The summed E-state index contributed by atoms with van der Waals surface area (Å²) in [5.74, 6) is -1.50. The Balaban J connectivity index is -0.0000000873. The second-order valence-corrected chi connectivity index (χ2v) is 5.46. The first-order valence-electron chi connectivity index (χ1n) is 7.94. The molecule has 0 spiro atoms. The SMILES string of the molecule is CC(=O)[CH-]C(C)=O.CC(=O)[CH-]C(C)=O.CC(=O)[CH-]C(C)=O.CC(=O)[CH-]C(C)=O.[Sn+4]. The predicted octanol–water partition coefficient (Wildman–Crippen LogP) is 1.09. The van der Waals surface area contributed by atoms with Gasteiger partial charge in [0.15, 0.2) is 0 Å². The molecular weight excluding hydrogens is 487 g/mol. The summed E-state index contributed by atoms with van der Waals surface area (Å²) in [4.78, 5) is 79.8. The van der Waals surface area contributed by atoms with E-state index in [0.29, 0.717) is 0 Å².